The average Bonchev–Trinajstić information content (AvgIpc) is 2.88. The van der Waals surface area contributed by atoms with E-state index in [-0.39, 0.29) is 17.9 Å². The number of nitrogens with zero attached hydrogens (tertiary/aromatic N) is 2. The van der Waals surface area contributed by atoms with Gasteiger partial charge in [-0.2, -0.15) is 0 Å². The van der Waals surface area contributed by atoms with Crippen LogP contribution in [0.1, 0.15) is 32.3 Å². The van der Waals surface area contributed by atoms with E-state index < -0.39 is 0 Å². The van der Waals surface area contributed by atoms with Gasteiger partial charge in [0.1, 0.15) is 11.8 Å². The lowest BCUT2D eigenvalue weighted by Crippen LogP contribution is -2.36. The first kappa shape index (κ1) is 17.5. The second kappa shape index (κ2) is 7.31. The molecule has 0 radical (unpaired) electrons. The summed E-state index contributed by atoms with van der Waals surface area (Å²) >= 11 is 6.50. The zero-order valence-corrected chi connectivity index (χ0v) is 14.9. The van der Waals surface area contributed by atoms with Gasteiger partial charge < -0.3 is 14.4 Å². The van der Waals surface area contributed by atoms with E-state index in [1.807, 2.05) is 17.9 Å². The molecular weight excluding hydrogens is 346 g/mol. The summed E-state index contributed by atoms with van der Waals surface area (Å²) in [6.45, 7) is 4.55. The van der Waals surface area contributed by atoms with Gasteiger partial charge in [-0.3, -0.25) is 14.9 Å². The molecule has 0 aromatic heterocycles. The Bertz CT molecular complexity index is 735. The lowest BCUT2D eigenvalue weighted by atomic mass is 10.1. The Hall–Kier alpha value is -2.28. The maximum absolute atomic E-state index is 12.0. The second-order valence-corrected chi connectivity index (χ2v) is 6.27. The lowest BCUT2D eigenvalue weighted by molar-refractivity contribution is -0.141. The van der Waals surface area contributed by atoms with Gasteiger partial charge in [0.15, 0.2) is 0 Å². The summed E-state index contributed by atoms with van der Waals surface area (Å²) < 4.78 is 10.6. The number of aliphatic imine (C=N–C) groups is 1. The first-order valence-electron chi connectivity index (χ1n) is 8.25. The van der Waals surface area contributed by atoms with Crippen molar-refractivity contribution in [3.63, 3.8) is 0 Å². The number of guanidine groups is 1. The molecule has 1 aromatic carbocycles. The predicted molar refractivity (Wildman–Crippen MR) is 93.1 cm³/mol. The Morgan fingerprint density at radius 3 is 2.96 bits per heavy atom. The molecule has 0 bridgehead atoms. The minimum absolute atomic E-state index is 0.0351. The van der Waals surface area contributed by atoms with E-state index >= 15 is 0 Å². The minimum Gasteiger partial charge on any atom is -0.492 e. The number of fused-ring (bicyclic) bond motifs is 2. The van der Waals surface area contributed by atoms with Crippen molar-refractivity contribution in [1.82, 2.24) is 10.2 Å². The Labute approximate surface area is 150 Å². The fourth-order valence-electron chi connectivity index (χ4n) is 2.94. The normalized spacial score (nSPS) is 18.2. The van der Waals surface area contributed by atoms with E-state index in [2.05, 4.69) is 10.3 Å². The first-order valence-corrected chi connectivity index (χ1v) is 8.62. The molecule has 1 saturated heterocycles. The lowest BCUT2D eigenvalue weighted by Gasteiger charge is -2.28. The quantitative estimate of drug-likeness (QED) is 0.618. The van der Waals surface area contributed by atoms with Crippen molar-refractivity contribution in [2.45, 2.75) is 39.3 Å². The highest BCUT2D eigenvalue weighted by atomic mass is 35.5. The summed E-state index contributed by atoms with van der Waals surface area (Å²) in [5.74, 6) is 0.802. The molecule has 3 rings (SSSR count). The maximum atomic E-state index is 12.0. The highest BCUT2D eigenvalue weighted by Gasteiger charge is 2.38. The Morgan fingerprint density at radius 1 is 1.44 bits per heavy atom. The molecule has 2 aliphatic rings. The van der Waals surface area contributed by atoms with E-state index in [0.717, 1.165) is 11.3 Å². The summed E-state index contributed by atoms with van der Waals surface area (Å²) in [7, 11) is 0. The van der Waals surface area contributed by atoms with Gasteiger partial charge in [0.25, 0.3) is 0 Å². The third-order valence-corrected chi connectivity index (χ3v) is 4.58. The van der Waals surface area contributed by atoms with E-state index in [1.165, 1.54) is 6.92 Å². The number of hydrogen-bond acceptors (Lipinski definition) is 6. The van der Waals surface area contributed by atoms with Gasteiger partial charge in [-0.25, -0.2) is 4.99 Å². The van der Waals surface area contributed by atoms with Gasteiger partial charge in [0, 0.05) is 18.9 Å². The smallest absolute Gasteiger partial charge is 0.302 e. The van der Waals surface area contributed by atoms with Crippen molar-refractivity contribution < 1.29 is 19.1 Å². The van der Waals surface area contributed by atoms with Gasteiger partial charge in [0.05, 0.1) is 30.5 Å². The van der Waals surface area contributed by atoms with Crippen LogP contribution in [0.2, 0.25) is 5.02 Å². The molecule has 0 spiro atoms. The molecule has 25 heavy (non-hydrogen) atoms. The number of hydrogen-bond donors (Lipinski definition) is 1. The summed E-state index contributed by atoms with van der Waals surface area (Å²) in [6.07, 6.45) is 1.28. The highest BCUT2D eigenvalue weighted by Crippen LogP contribution is 2.39. The maximum Gasteiger partial charge on any atom is 0.302 e. The van der Waals surface area contributed by atoms with Gasteiger partial charge in [-0.05, 0) is 18.6 Å². The van der Waals surface area contributed by atoms with Gasteiger partial charge in [-0.1, -0.05) is 18.5 Å². The van der Waals surface area contributed by atoms with Gasteiger partial charge in [0.2, 0.25) is 11.9 Å². The molecule has 2 aliphatic heterocycles. The van der Waals surface area contributed by atoms with Crippen molar-refractivity contribution in [3.05, 3.63) is 22.7 Å². The molecule has 0 saturated carbocycles. The Morgan fingerprint density at radius 2 is 2.24 bits per heavy atom. The predicted octanol–water partition coefficient (Wildman–Crippen LogP) is 2.38. The van der Waals surface area contributed by atoms with Crippen LogP contribution in [0.3, 0.4) is 0 Å². The van der Waals surface area contributed by atoms with Crippen LogP contribution >= 0.6 is 11.6 Å². The molecule has 7 nitrogen and oxygen atoms in total. The van der Waals surface area contributed by atoms with Crippen LogP contribution in [-0.2, 0) is 20.9 Å². The number of ether oxygens (including phenoxy) is 2. The van der Waals surface area contributed by atoms with Crippen molar-refractivity contribution >= 4 is 35.1 Å². The third-order valence-electron chi connectivity index (χ3n) is 4.16. The molecule has 1 N–H and O–H groups in total. The number of rotatable bonds is 6. The number of esters is 1. The zero-order valence-electron chi connectivity index (χ0n) is 14.2. The van der Waals surface area contributed by atoms with Gasteiger partial charge in [-0.15, -0.1) is 0 Å². The fourth-order valence-corrected chi connectivity index (χ4v) is 3.21. The fraction of sp³-hybridized carbons (Fsp3) is 0.471. The Kier molecular flexibility index (Phi) is 5.13. The van der Waals surface area contributed by atoms with E-state index in [0.29, 0.717) is 49.3 Å². The van der Waals surface area contributed by atoms with E-state index in [4.69, 9.17) is 21.1 Å². The average molecular weight is 366 g/mol. The number of nitrogens with one attached hydrogen (secondary N) is 1. The number of amides is 1. The topological polar surface area (TPSA) is 80.2 Å². The number of carbonyl (C=O) groups is 2. The summed E-state index contributed by atoms with van der Waals surface area (Å²) in [6, 6.07) is 3.37. The molecule has 2 heterocycles. The first-order chi connectivity index (χ1) is 12.0. The van der Waals surface area contributed by atoms with E-state index in [1.54, 1.807) is 6.07 Å². The van der Waals surface area contributed by atoms with Crippen LogP contribution < -0.4 is 10.1 Å². The monoisotopic (exact) mass is 365 g/mol. The molecule has 1 fully saturated rings. The number of halogens is 1. The standard InChI is InChI=1S/C17H20ClN3O4/c1-3-13-16(23)20-17-19-12-5-6-14(15(18)11(12)9-21(13)17)25-8-4-7-24-10(2)22/h5-6,13H,3-4,7-9H2,1-2H3,(H,19,20,23). The minimum atomic E-state index is -0.306. The van der Waals surface area contributed by atoms with Crippen LogP contribution in [0.25, 0.3) is 0 Å². The number of benzene rings is 1. The molecule has 1 atom stereocenters. The van der Waals surface area contributed by atoms with Crippen LogP contribution in [0.15, 0.2) is 17.1 Å². The zero-order chi connectivity index (χ0) is 18.0. The van der Waals surface area contributed by atoms with E-state index in [9.17, 15) is 9.59 Å². The molecule has 0 aliphatic carbocycles. The number of carbonyl (C=O) groups excluding carboxylic acids is 2. The van der Waals surface area contributed by atoms with Crippen molar-refractivity contribution in [1.29, 1.82) is 0 Å². The van der Waals surface area contributed by atoms with Crippen LogP contribution in [0, 0.1) is 0 Å². The van der Waals surface area contributed by atoms with Crippen molar-refractivity contribution in [3.8, 4) is 5.75 Å². The summed E-state index contributed by atoms with van der Waals surface area (Å²) in [5.41, 5.74) is 1.58. The third kappa shape index (κ3) is 3.56. The molecule has 134 valence electrons. The van der Waals surface area contributed by atoms with Crippen LogP contribution in [-0.4, -0.2) is 42.0 Å². The largest absolute Gasteiger partial charge is 0.492 e. The second-order valence-electron chi connectivity index (χ2n) is 5.89. The highest BCUT2D eigenvalue weighted by molar-refractivity contribution is 6.33. The SMILES string of the molecule is CCC1C(=O)NC2=Nc3ccc(OCCCOC(C)=O)c(Cl)c3CN21. The van der Waals surface area contributed by atoms with Crippen molar-refractivity contribution in [2.75, 3.05) is 13.2 Å². The van der Waals surface area contributed by atoms with Crippen LogP contribution in [0.4, 0.5) is 5.69 Å². The van der Waals surface area contributed by atoms with Crippen LogP contribution in [0.5, 0.6) is 5.75 Å². The van der Waals surface area contributed by atoms with Gasteiger partial charge >= 0.3 is 5.97 Å². The molecule has 1 unspecified atom stereocenters. The summed E-state index contributed by atoms with van der Waals surface area (Å²) in [4.78, 5) is 29.2. The van der Waals surface area contributed by atoms with Crippen molar-refractivity contribution in [2.24, 2.45) is 4.99 Å². The molecule has 1 aromatic rings. The summed E-state index contributed by atoms with van der Waals surface area (Å²) in [5, 5.41) is 3.31. The molecular formula is C17H20ClN3O4. The molecule has 8 heteroatoms. The Balaban J connectivity index is 1.71. The molecule has 1 amide bonds.